The van der Waals surface area contributed by atoms with E-state index in [0.29, 0.717) is 12.2 Å². The van der Waals surface area contributed by atoms with Gasteiger partial charge in [0.1, 0.15) is 11.9 Å². The number of unbranched alkanes of at least 4 members (excludes halogenated alkanes) is 9. The number of ketones is 1. The molecule has 0 saturated heterocycles. The van der Waals surface area contributed by atoms with Crippen molar-refractivity contribution >= 4 is 11.8 Å². The van der Waals surface area contributed by atoms with E-state index in [-0.39, 0.29) is 18.0 Å². The highest BCUT2D eigenvalue weighted by Gasteiger charge is 2.32. The highest BCUT2D eigenvalue weighted by Crippen LogP contribution is 2.29. The van der Waals surface area contributed by atoms with E-state index >= 15 is 0 Å². The lowest BCUT2D eigenvalue weighted by Crippen LogP contribution is -2.34. The van der Waals surface area contributed by atoms with Gasteiger partial charge in [-0.2, -0.15) is 0 Å². The normalized spacial score (nSPS) is 20.8. The van der Waals surface area contributed by atoms with Crippen LogP contribution in [-0.4, -0.2) is 17.9 Å². The van der Waals surface area contributed by atoms with Crippen LogP contribution in [0.4, 0.5) is 0 Å². The SMILES string of the molecule is CCCCCCCCCCCCC(=O)C1CCCCC1OC(C)=O. The van der Waals surface area contributed by atoms with E-state index in [9.17, 15) is 9.59 Å². The molecule has 0 aromatic heterocycles. The Labute approximate surface area is 148 Å². The molecule has 1 aliphatic carbocycles. The van der Waals surface area contributed by atoms with Gasteiger partial charge >= 0.3 is 5.97 Å². The number of hydrogen-bond acceptors (Lipinski definition) is 3. The monoisotopic (exact) mass is 338 g/mol. The van der Waals surface area contributed by atoms with Gasteiger partial charge in [0.15, 0.2) is 0 Å². The predicted molar refractivity (Wildman–Crippen MR) is 99.0 cm³/mol. The molecule has 0 N–H and O–H groups in total. The number of ether oxygens (including phenoxy) is 1. The van der Waals surface area contributed by atoms with E-state index in [0.717, 1.165) is 38.5 Å². The molecule has 0 bridgehead atoms. The average molecular weight is 339 g/mol. The van der Waals surface area contributed by atoms with E-state index in [2.05, 4.69) is 6.92 Å². The smallest absolute Gasteiger partial charge is 0.302 e. The van der Waals surface area contributed by atoms with Gasteiger partial charge in [0, 0.05) is 13.3 Å². The van der Waals surface area contributed by atoms with Gasteiger partial charge in [0.2, 0.25) is 0 Å². The minimum atomic E-state index is -0.251. The second kappa shape index (κ2) is 13.4. The van der Waals surface area contributed by atoms with Gasteiger partial charge < -0.3 is 4.74 Å². The molecule has 140 valence electrons. The Morgan fingerprint density at radius 3 is 1.96 bits per heavy atom. The molecular formula is C21H38O3. The first-order valence-corrected chi connectivity index (χ1v) is 10.3. The van der Waals surface area contributed by atoms with Crippen LogP contribution in [0.2, 0.25) is 0 Å². The summed E-state index contributed by atoms with van der Waals surface area (Å²) >= 11 is 0. The van der Waals surface area contributed by atoms with Gasteiger partial charge in [-0.1, -0.05) is 71.1 Å². The number of rotatable bonds is 13. The van der Waals surface area contributed by atoms with Crippen molar-refractivity contribution in [2.45, 2.75) is 116 Å². The fourth-order valence-electron chi connectivity index (χ4n) is 3.79. The summed E-state index contributed by atoms with van der Waals surface area (Å²) < 4.78 is 5.36. The summed E-state index contributed by atoms with van der Waals surface area (Å²) in [5.41, 5.74) is 0. The summed E-state index contributed by atoms with van der Waals surface area (Å²) in [5.74, 6) is 0.0281. The molecule has 1 fully saturated rings. The highest BCUT2D eigenvalue weighted by atomic mass is 16.5. The number of carbonyl (C=O) groups excluding carboxylic acids is 2. The maximum atomic E-state index is 12.4. The van der Waals surface area contributed by atoms with Gasteiger partial charge in [-0.15, -0.1) is 0 Å². The molecule has 1 saturated carbocycles. The second-order valence-electron chi connectivity index (χ2n) is 7.44. The Hall–Kier alpha value is -0.860. The van der Waals surface area contributed by atoms with Crippen LogP contribution in [0.5, 0.6) is 0 Å². The van der Waals surface area contributed by atoms with Crippen molar-refractivity contribution in [3.8, 4) is 0 Å². The maximum Gasteiger partial charge on any atom is 0.302 e. The summed E-state index contributed by atoms with van der Waals surface area (Å²) in [6.45, 7) is 3.70. The Morgan fingerprint density at radius 1 is 0.833 bits per heavy atom. The largest absolute Gasteiger partial charge is 0.462 e. The van der Waals surface area contributed by atoms with Crippen LogP contribution in [0.25, 0.3) is 0 Å². The minimum absolute atomic E-state index is 0.0405. The van der Waals surface area contributed by atoms with E-state index < -0.39 is 0 Å². The van der Waals surface area contributed by atoms with Crippen LogP contribution in [0.15, 0.2) is 0 Å². The zero-order valence-corrected chi connectivity index (χ0v) is 16.0. The molecular weight excluding hydrogens is 300 g/mol. The third-order valence-corrected chi connectivity index (χ3v) is 5.21. The molecule has 1 rings (SSSR count). The van der Waals surface area contributed by atoms with Gasteiger partial charge in [0.05, 0.1) is 5.92 Å². The minimum Gasteiger partial charge on any atom is -0.462 e. The van der Waals surface area contributed by atoms with Crippen LogP contribution in [0.3, 0.4) is 0 Å². The lowest BCUT2D eigenvalue weighted by Gasteiger charge is -2.29. The standard InChI is InChI=1S/C21H38O3/c1-3-4-5-6-7-8-9-10-11-12-16-20(23)19-15-13-14-17-21(19)24-18(2)22/h19,21H,3-17H2,1-2H3. The number of carbonyl (C=O) groups is 2. The molecule has 0 heterocycles. The Balaban J connectivity index is 2.07. The van der Waals surface area contributed by atoms with Crippen molar-refractivity contribution in [3.05, 3.63) is 0 Å². The summed E-state index contributed by atoms with van der Waals surface area (Å²) in [6.07, 6.45) is 17.3. The zero-order valence-electron chi connectivity index (χ0n) is 16.0. The van der Waals surface area contributed by atoms with Gasteiger partial charge in [-0.3, -0.25) is 9.59 Å². The zero-order chi connectivity index (χ0) is 17.6. The first-order valence-electron chi connectivity index (χ1n) is 10.3. The van der Waals surface area contributed by atoms with E-state index in [4.69, 9.17) is 4.74 Å². The van der Waals surface area contributed by atoms with E-state index in [1.807, 2.05) is 0 Å². The molecule has 2 atom stereocenters. The molecule has 0 amide bonds. The predicted octanol–water partition coefficient (Wildman–Crippen LogP) is 5.99. The summed E-state index contributed by atoms with van der Waals surface area (Å²) in [6, 6.07) is 0. The van der Waals surface area contributed by atoms with Gasteiger partial charge in [0.25, 0.3) is 0 Å². The van der Waals surface area contributed by atoms with E-state index in [1.54, 1.807) is 0 Å². The quantitative estimate of drug-likeness (QED) is 0.306. The molecule has 24 heavy (non-hydrogen) atoms. The first-order chi connectivity index (χ1) is 11.6. The molecule has 3 nitrogen and oxygen atoms in total. The van der Waals surface area contributed by atoms with Crippen molar-refractivity contribution in [3.63, 3.8) is 0 Å². The fraction of sp³-hybridized carbons (Fsp3) is 0.905. The highest BCUT2D eigenvalue weighted by molar-refractivity contribution is 5.82. The third-order valence-electron chi connectivity index (χ3n) is 5.21. The van der Waals surface area contributed by atoms with Crippen LogP contribution < -0.4 is 0 Å². The topological polar surface area (TPSA) is 43.4 Å². The van der Waals surface area contributed by atoms with Crippen molar-refractivity contribution < 1.29 is 14.3 Å². The summed E-state index contributed by atoms with van der Waals surface area (Å²) in [7, 11) is 0. The van der Waals surface area contributed by atoms with Gasteiger partial charge in [-0.05, 0) is 25.7 Å². The van der Waals surface area contributed by atoms with Crippen LogP contribution in [0, 0.1) is 5.92 Å². The molecule has 1 aliphatic rings. The Morgan fingerprint density at radius 2 is 1.38 bits per heavy atom. The number of esters is 1. The summed E-state index contributed by atoms with van der Waals surface area (Å²) in [5, 5.41) is 0. The van der Waals surface area contributed by atoms with Crippen LogP contribution >= 0.6 is 0 Å². The second-order valence-corrected chi connectivity index (χ2v) is 7.44. The van der Waals surface area contributed by atoms with Crippen molar-refractivity contribution in [1.82, 2.24) is 0 Å². The van der Waals surface area contributed by atoms with E-state index in [1.165, 1.54) is 58.3 Å². The molecule has 0 spiro atoms. The average Bonchev–Trinajstić information content (AvgIpc) is 2.56. The molecule has 0 radical (unpaired) electrons. The summed E-state index contributed by atoms with van der Waals surface area (Å²) in [4.78, 5) is 23.6. The lowest BCUT2D eigenvalue weighted by molar-refractivity contribution is -0.153. The molecule has 0 aromatic rings. The third kappa shape index (κ3) is 9.44. The van der Waals surface area contributed by atoms with Crippen LogP contribution in [0.1, 0.15) is 110 Å². The maximum absolute atomic E-state index is 12.4. The first kappa shape index (κ1) is 21.2. The van der Waals surface area contributed by atoms with Gasteiger partial charge in [-0.25, -0.2) is 0 Å². The Bertz CT molecular complexity index is 351. The Kier molecular flexibility index (Phi) is 11.9. The van der Waals surface area contributed by atoms with Crippen molar-refractivity contribution in [2.24, 2.45) is 5.92 Å². The molecule has 0 aliphatic heterocycles. The van der Waals surface area contributed by atoms with Crippen molar-refractivity contribution in [2.75, 3.05) is 0 Å². The molecule has 2 unspecified atom stereocenters. The number of Topliss-reactive ketones (excluding diaryl/α,β-unsaturated/α-hetero) is 1. The van der Waals surface area contributed by atoms with Crippen molar-refractivity contribution in [1.29, 1.82) is 0 Å². The lowest BCUT2D eigenvalue weighted by atomic mass is 9.82. The van der Waals surface area contributed by atoms with Crippen LogP contribution in [-0.2, 0) is 14.3 Å². The molecule has 3 heteroatoms. The molecule has 0 aromatic carbocycles. The fourth-order valence-corrected chi connectivity index (χ4v) is 3.79. The number of hydrogen-bond donors (Lipinski definition) is 0.